The Kier molecular flexibility index (Phi) is 5.22. The second-order valence-corrected chi connectivity index (χ2v) is 5.71. The van der Waals surface area contributed by atoms with E-state index in [0.717, 1.165) is 13.0 Å². The molecule has 1 rings (SSSR count). The fraction of sp³-hybridized carbons (Fsp3) is 1.00. The minimum absolute atomic E-state index is 0.169. The van der Waals surface area contributed by atoms with E-state index in [2.05, 4.69) is 33.0 Å². The Labute approximate surface area is 99.6 Å². The highest BCUT2D eigenvalue weighted by Crippen LogP contribution is 2.24. The zero-order valence-corrected chi connectivity index (χ0v) is 11.1. The van der Waals surface area contributed by atoms with Crippen LogP contribution in [-0.4, -0.2) is 36.0 Å². The highest BCUT2D eigenvalue weighted by atomic mass is 16.5. The molecule has 3 nitrogen and oxygen atoms in total. The monoisotopic (exact) mass is 229 g/mol. The molecule has 2 unspecified atom stereocenters. The van der Waals surface area contributed by atoms with Gasteiger partial charge in [-0.05, 0) is 39.0 Å². The van der Waals surface area contributed by atoms with Crippen molar-refractivity contribution in [1.82, 2.24) is 5.32 Å². The van der Waals surface area contributed by atoms with E-state index in [1.807, 2.05) is 0 Å². The third-order valence-electron chi connectivity index (χ3n) is 3.45. The van der Waals surface area contributed by atoms with Crippen LogP contribution in [0.4, 0.5) is 0 Å². The third kappa shape index (κ3) is 4.81. The number of nitrogens with one attached hydrogen (secondary N) is 1. The first-order chi connectivity index (χ1) is 7.47. The second-order valence-electron chi connectivity index (χ2n) is 5.71. The van der Waals surface area contributed by atoms with Crippen LogP contribution in [0, 0.1) is 5.92 Å². The average molecular weight is 229 g/mol. The van der Waals surface area contributed by atoms with Crippen molar-refractivity contribution in [2.45, 2.75) is 64.6 Å². The smallest absolute Gasteiger partial charge is 0.0611 e. The summed E-state index contributed by atoms with van der Waals surface area (Å²) in [6.07, 6.45) is 3.67. The molecule has 0 heterocycles. The first-order valence-electron chi connectivity index (χ1n) is 6.47. The van der Waals surface area contributed by atoms with Gasteiger partial charge in [0.1, 0.15) is 0 Å². The molecule has 0 aromatic carbocycles. The molecule has 0 amide bonds. The zero-order chi connectivity index (χ0) is 12.2. The minimum atomic E-state index is -0.169. The lowest BCUT2D eigenvalue weighted by molar-refractivity contribution is 0.0165. The Morgan fingerprint density at radius 3 is 2.44 bits per heavy atom. The maximum atomic E-state index is 9.42. The summed E-state index contributed by atoms with van der Waals surface area (Å²) in [7, 11) is 0. The molecule has 0 bridgehead atoms. The van der Waals surface area contributed by atoms with Crippen LogP contribution in [-0.2, 0) is 4.74 Å². The van der Waals surface area contributed by atoms with Gasteiger partial charge in [0.25, 0.3) is 0 Å². The molecular weight excluding hydrogens is 202 g/mol. The van der Waals surface area contributed by atoms with Gasteiger partial charge in [0.15, 0.2) is 0 Å². The lowest BCUT2D eigenvalue weighted by Gasteiger charge is -2.30. The molecule has 0 aliphatic heterocycles. The van der Waals surface area contributed by atoms with E-state index in [4.69, 9.17) is 4.74 Å². The SMILES string of the molecule is CC(C)C(C)OCCC(C)(CO)NC1CC1. The van der Waals surface area contributed by atoms with Crippen LogP contribution in [0.5, 0.6) is 0 Å². The predicted octanol–water partition coefficient (Wildman–Crippen LogP) is 1.94. The standard InChI is InChI=1S/C13H27NO2/c1-10(2)11(3)16-8-7-13(4,9-15)14-12-5-6-12/h10-12,14-15H,5-9H2,1-4H3. The number of hydrogen-bond donors (Lipinski definition) is 2. The van der Waals surface area contributed by atoms with Crippen LogP contribution in [0.2, 0.25) is 0 Å². The van der Waals surface area contributed by atoms with Crippen molar-refractivity contribution >= 4 is 0 Å². The summed E-state index contributed by atoms with van der Waals surface area (Å²) in [6, 6.07) is 0.625. The van der Waals surface area contributed by atoms with E-state index < -0.39 is 0 Å². The zero-order valence-electron chi connectivity index (χ0n) is 11.1. The van der Waals surface area contributed by atoms with Crippen molar-refractivity contribution < 1.29 is 9.84 Å². The van der Waals surface area contributed by atoms with Crippen molar-refractivity contribution in [3.63, 3.8) is 0 Å². The van der Waals surface area contributed by atoms with Crippen molar-refractivity contribution in [2.75, 3.05) is 13.2 Å². The molecule has 0 aromatic heterocycles. The summed E-state index contributed by atoms with van der Waals surface area (Å²) in [4.78, 5) is 0. The van der Waals surface area contributed by atoms with E-state index >= 15 is 0 Å². The van der Waals surface area contributed by atoms with E-state index in [1.54, 1.807) is 0 Å². The molecule has 0 spiro atoms. The van der Waals surface area contributed by atoms with Crippen LogP contribution >= 0.6 is 0 Å². The quantitative estimate of drug-likeness (QED) is 0.668. The summed E-state index contributed by atoms with van der Waals surface area (Å²) in [6.45, 7) is 9.42. The van der Waals surface area contributed by atoms with E-state index in [9.17, 15) is 5.11 Å². The van der Waals surface area contributed by atoms with Gasteiger partial charge < -0.3 is 15.2 Å². The van der Waals surface area contributed by atoms with Crippen molar-refractivity contribution in [3.8, 4) is 0 Å². The van der Waals surface area contributed by atoms with Crippen LogP contribution in [0.3, 0.4) is 0 Å². The van der Waals surface area contributed by atoms with E-state index in [1.165, 1.54) is 12.8 Å². The van der Waals surface area contributed by atoms with Gasteiger partial charge in [-0.3, -0.25) is 0 Å². The normalized spacial score (nSPS) is 22.1. The van der Waals surface area contributed by atoms with Crippen molar-refractivity contribution in [1.29, 1.82) is 0 Å². The molecule has 1 aliphatic carbocycles. The summed E-state index contributed by atoms with van der Waals surface area (Å²) >= 11 is 0. The van der Waals surface area contributed by atoms with E-state index in [-0.39, 0.29) is 12.1 Å². The molecule has 1 aliphatic rings. The molecule has 96 valence electrons. The van der Waals surface area contributed by atoms with Crippen LogP contribution in [0.1, 0.15) is 47.0 Å². The van der Waals surface area contributed by atoms with Gasteiger partial charge in [0, 0.05) is 18.2 Å². The molecule has 0 radical (unpaired) electrons. The maximum absolute atomic E-state index is 9.42. The Morgan fingerprint density at radius 2 is 2.00 bits per heavy atom. The Balaban J connectivity index is 2.21. The fourth-order valence-corrected chi connectivity index (χ4v) is 1.58. The van der Waals surface area contributed by atoms with Crippen molar-refractivity contribution in [3.05, 3.63) is 0 Å². The van der Waals surface area contributed by atoms with Gasteiger partial charge in [0.2, 0.25) is 0 Å². The van der Waals surface area contributed by atoms with Crippen molar-refractivity contribution in [2.24, 2.45) is 5.92 Å². The fourth-order valence-electron chi connectivity index (χ4n) is 1.58. The first kappa shape index (κ1) is 13.9. The van der Waals surface area contributed by atoms with E-state index in [0.29, 0.717) is 18.1 Å². The summed E-state index contributed by atoms with van der Waals surface area (Å²) in [5.74, 6) is 0.553. The molecule has 2 N–H and O–H groups in total. The minimum Gasteiger partial charge on any atom is -0.394 e. The molecular formula is C13H27NO2. The number of rotatable bonds is 8. The molecule has 1 saturated carbocycles. The summed E-state index contributed by atoms with van der Waals surface area (Å²) in [5, 5.41) is 12.9. The molecule has 3 heteroatoms. The summed E-state index contributed by atoms with van der Waals surface area (Å²) < 4.78 is 5.75. The van der Waals surface area contributed by atoms with Gasteiger partial charge in [-0.15, -0.1) is 0 Å². The molecule has 2 atom stereocenters. The second kappa shape index (κ2) is 5.99. The highest BCUT2D eigenvalue weighted by molar-refractivity contribution is 4.92. The number of aliphatic hydroxyl groups excluding tert-OH is 1. The molecule has 1 fully saturated rings. The average Bonchev–Trinajstić information content (AvgIpc) is 3.01. The predicted molar refractivity (Wildman–Crippen MR) is 66.5 cm³/mol. The number of hydrogen-bond acceptors (Lipinski definition) is 3. The lowest BCUT2D eigenvalue weighted by Crippen LogP contribution is -2.48. The largest absolute Gasteiger partial charge is 0.394 e. The van der Waals surface area contributed by atoms with Gasteiger partial charge in [0.05, 0.1) is 12.7 Å². The maximum Gasteiger partial charge on any atom is 0.0611 e. The molecule has 0 aromatic rings. The number of aliphatic hydroxyl groups is 1. The molecule has 0 saturated heterocycles. The Bertz CT molecular complexity index is 204. The number of ether oxygens (including phenoxy) is 1. The van der Waals surface area contributed by atoms with Crippen LogP contribution in [0.25, 0.3) is 0 Å². The van der Waals surface area contributed by atoms with Gasteiger partial charge >= 0.3 is 0 Å². The van der Waals surface area contributed by atoms with Crippen LogP contribution < -0.4 is 5.32 Å². The Hall–Kier alpha value is -0.120. The molecule has 16 heavy (non-hydrogen) atoms. The summed E-state index contributed by atoms with van der Waals surface area (Å²) in [5.41, 5.74) is -0.169. The first-order valence-corrected chi connectivity index (χ1v) is 6.47. The Morgan fingerprint density at radius 1 is 1.38 bits per heavy atom. The lowest BCUT2D eigenvalue weighted by atomic mass is 9.99. The van der Waals surface area contributed by atoms with Gasteiger partial charge in [-0.25, -0.2) is 0 Å². The van der Waals surface area contributed by atoms with Gasteiger partial charge in [-0.1, -0.05) is 13.8 Å². The van der Waals surface area contributed by atoms with Crippen LogP contribution in [0.15, 0.2) is 0 Å². The topological polar surface area (TPSA) is 41.5 Å². The van der Waals surface area contributed by atoms with Gasteiger partial charge in [-0.2, -0.15) is 0 Å². The third-order valence-corrected chi connectivity index (χ3v) is 3.45. The highest BCUT2D eigenvalue weighted by Gasteiger charge is 2.31.